The van der Waals surface area contributed by atoms with E-state index in [1.165, 1.54) is 5.56 Å². The summed E-state index contributed by atoms with van der Waals surface area (Å²) < 4.78 is 12.5. The molecule has 0 atom stereocenters. The predicted octanol–water partition coefficient (Wildman–Crippen LogP) is 1.15. The molecule has 27 heavy (non-hydrogen) atoms. The number of ether oxygens (including phenoxy) is 2. The topological polar surface area (TPSA) is 75.9 Å². The maximum atomic E-state index is 5.39. The largest absolute Gasteiger partial charge is 0.383 e. The summed E-state index contributed by atoms with van der Waals surface area (Å²) >= 11 is 0. The molecule has 0 saturated carbocycles. The van der Waals surface area contributed by atoms with Gasteiger partial charge in [-0.1, -0.05) is 0 Å². The van der Waals surface area contributed by atoms with Crippen LogP contribution in [0.1, 0.15) is 23.9 Å². The van der Waals surface area contributed by atoms with E-state index in [1.54, 1.807) is 7.11 Å². The van der Waals surface area contributed by atoms with Crippen molar-refractivity contribution in [3.05, 3.63) is 17.0 Å². The molecule has 1 aromatic rings. The van der Waals surface area contributed by atoms with E-state index in [0.29, 0.717) is 13.2 Å². The highest BCUT2D eigenvalue weighted by Gasteiger charge is 2.12. The first-order chi connectivity index (χ1) is 12.7. The highest BCUT2D eigenvalue weighted by Crippen LogP contribution is 2.14. The molecule has 0 amide bonds. The van der Waals surface area contributed by atoms with Crippen LogP contribution in [-0.2, 0) is 22.6 Å². The van der Waals surface area contributed by atoms with Gasteiger partial charge in [-0.2, -0.15) is 5.10 Å². The number of aryl methyl sites for hydroxylation is 1. The third-order valence-electron chi connectivity index (χ3n) is 4.60. The van der Waals surface area contributed by atoms with E-state index in [2.05, 4.69) is 34.5 Å². The predicted molar refractivity (Wildman–Crippen MR) is 119 cm³/mol. The third kappa shape index (κ3) is 7.92. The normalized spacial score (nSPS) is 15.5. The van der Waals surface area contributed by atoms with Gasteiger partial charge in [0.25, 0.3) is 0 Å². The SMILES string of the molecule is CCNC(=NCc1c(C)nn(CCOC)c1C)NCCN1CCOCC1.I. The highest BCUT2D eigenvalue weighted by molar-refractivity contribution is 14.0. The Balaban J connectivity index is 0.00000364. The highest BCUT2D eigenvalue weighted by atomic mass is 127. The van der Waals surface area contributed by atoms with Crippen molar-refractivity contribution in [1.29, 1.82) is 0 Å². The number of aliphatic imine (C=N–C) groups is 1. The standard InChI is InChI=1S/C18H34N6O2.HI/c1-5-19-18(20-6-7-23-8-12-26-13-9-23)21-14-17-15(2)22-24(16(17)3)10-11-25-4;/h5-14H2,1-4H3,(H2,19,20,21);1H. The fourth-order valence-corrected chi connectivity index (χ4v) is 3.02. The van der Waals surface area contributed by atoms with Gasteiger partial charge in [-0.3, -0.25) is 9.58 Å². The molecule has 0 aromatic carbocycles. The number of nitrogens with zero attached hydrogens (tertiary/aromatic N) is 4. The minimum absolute atomic E-state index is 0. The van der Waals surface area contributed by atoms with Gasteiger partial charge in [-0.05, 0) is 20.8 Å². The van der Waals surface area contributed by atoms with E-state index in [9.17, 15) is 0 Å². The molecule has 2 heterocycles. The number of aromatic nitrogens is 2. The van der Waals surface area contributed by atoms with Crippen molar-refractivity contribution >= 4 is 29.9 Å². The van der Waals surface area contributed by atoms with Crippen molar-refractivity contribution in [2.24, 2.45) is 4.99 Å². The Morgan fingerprint density at radius 3 is 2.63 bits per heavy atom. The Bertz CT molecular complexity index is 572. The van der Waals surface area contributed by atoms with Crippen LogP contribution in [0.15, 0.2) is 4.99 Å². The summed E-state index contributed by atoms with van der Waals surface area (Å²) in [6, 6.07) is 0. The molecular weight excluding hydrogens is 459 g/mol. The van der Waals surface area contributed by atoms with Gasteiger partial charge in [0.2, 0.25) is 0 Å². The summed E-state index contributed by atoms with van der Waals surface area (Å²) in [6.45, 7) is 14.7. The number of guanidine groups is 1. The Labute approximate surface area is 180 Å². The first-order valence-electron chi connectivity index (χ1n) is 9.49. The molecule has 2 N–H and O–H groups in total. The van der Waals surface area contributed by atoms with Gasteiger partial charge in [0.1, 0.15) is 0 Å². The molecule has 0 aliphatic carbocycles. The fourth-order valence-electron chi connectivity index (χ4n) is 3.02. The minimum atomic E-state index is 0. The molecule has 1 aliphatic heterocycles. The smallest absolute Gasteiger partial charge is 0.191 e. The van der Waals surface area contributed by atoms with Crippen LogP contribution >= 0.6 is 24.0 Å². The Morgan fingerprint density at radius 2 is 1.96 bits per heavy atom. The number of hydrogen-bond acceptors (Lipinski definition) is 5. The molecule has 0 unspecified atom stereocenters. The number of morpholine rings is 1. The maximum absolute atomic E-state index is 5.39. The lowest BCUT2D eigenvalue weighted by molar-refractivity contribution is 0.0389. The second-order valence-corrected chi connectivity index (χ2v) is 6.44. The molecule has 1 aromatic heterocycles. The van der Waals surface area contributed by atoms with Crippen molar-refractivity contribution in [1.82, 2.24) is 25.3 Å². The van der Waals surface area contributed by atoms with Crippen molar-refractivity contribution in [3.8, 4) is 0 Å². The first-order valence-corrected chi connectivity index (χ1v) is 9.49. The quantitative estimate of drug-likeness (QED) is 0.305. The van der Waals surface area contributed by atoms with E-state index in [-0.39, 0.29) is 24.0 Å². The van der Waals surface area contributed by atoms with E-state index >= 15 is 0 Å². The van der Waals surface area contributed by atoms with Crippen LogP contribution in [0.25, 0.3) is 0 Å². The second kappa shape index (κ2) is 13.3. The zero-order valence-corrected chi connectivity index (χ0v) is 19.4. The average molecular weight is 494 g/mol. The van der Waals surface area contributed by atoms with Crippen LogP contribution in [-0.4, -0.2) is 80.3 Å². The fraction of sp³-hybridized carbons (Fsp3) is 0.778. The number of methoxy groups -OCH3 is 1. The molecule has 0 spiro atoms. The van der Waals surface area contributed by atoms with Crippen LogP contribution in [0, 0.1) is 13.8 Å². The van der Waals surface area contributed by atoms with E-state index in [4.69, 9.17) is 14.5 Å². The van der Waals surface area contributed by atoms with E-state index < -0.39 is 0 Å². The van der Waals surface area contributed by atoms with Crippen LogP contribution in [0.2, 0.25) is 0 Å². The molecule has 156 valence electrons. The molecule has 9 heteroatoms. The second-order valence-electron chi connectivity index (χ2n) is 6.44. The lowest BCUT2D eigenvalue weighted by atomic mass is 10.2. The van der Waals surface area contributed by atoms with Crippen LogP contribution in [0.3, 0.4) is 0 Å². The average Bonchev–Trinajstić information content (AvgIpc) is 2.92. The number of hydrogen-bond donors (Lipinski definition) is 2. The molecule has 1 aliphatic rings. The van der Waals surface area contributed by atoms with Gasteiger partial charge in [-0.15, -0.1) is 24.0 Å². The Morgan fingerprint density at radius 1 is 1.22 bits per heavy atom. The van der Waals surface area contributed by atoms with Crippen LogP contribution in [0.4, 0.5) is 0 Å². The number of rotatable bonds is 9. The summed E-state index contributed by atoms with van der Waals surface area (Å²) in [7, 11) is 1.71. The summed E-state index contributed by atoms with van der Waals surface area (Å²) in [6.07, 6.45) is 0. The number of nitrogens with one attached hydrogen (secondary N) is 2. The Kier molecular flexibility index (Phi) is 11.9. The van der Waals surface area contributed by atoms with Crippen LogP contribution in [0.5, 0.6) is 0 Å². The zero-order chi connectivity index (χ0) is 18.8. The number of halogens is 1. The van der Waals surface area contributed by atoms with Crippen molar-refractivity contribution in [2.75, 3.05) is 59.7 Å². The van der Waals surface area contributed by atoms with Crippen LogP contribution < -0.4 is 10.6 Å². The monoisotopic (exact) mass is 494 g/mol. The minimum Gasteiger partial charge on any atom is -0.383 e. The van der Waals surface area contributed by atoms with Gasteiger partial charge >= 0.3 is 0 Å². The molecule has 8 nitrogen and oxygen atoms in total. The van der Waals surface area contributed by atoms with Crippen molar-refractivity contribution in [3.63, 3.8) is 0 Å². The van der Waals surface area contributed by atoms with Crippen molar-refractivity contribution in [2.45, 2.75) is 33.9 Å². The molecule has 0 radical (unpaired) electrons. The molecule has 1 saturated heterocycles. The molecule has 1 fully saturated rings. The summed E-state index contributed by atoms with van der Waals surface area (Å²) in [5.41, 5.74) is 3.38. The summed E-state index contributed by atoms with van der Waals surface area (Å²) in [5, 5.41) is 11.3. The van der Waals surface area contributed by atoms with Gasteiger partial charge < -0.3 is 20.1 Å². The lowest BCUT2D eigenvalue weighted by Crippen LogP contribution is -2.44. The molecular formula is C18H35IN6O2. The molecule has 0 bridgehead atoms. The summed E-state index contributed by atoms with van der Waals surface area (Å²) in [5.74, 6) is 0.851. The van der Waals surface area contributed by atoms with Gasteiger partial charge in [0, 0.05) is 51.1 Å². The van der Waals surface area contributed by atoms with Gasteiger partial charge in [0.05, 0.1) is 38.6 Å². The van der Waals surface area contributed by atoms with Crippen molar-refractivity contribution < 1.29 is 9.47 Å². The maximum Gasteiger partial charge on any atom is 0.191 e. The van der Waals surface area contributed by atoms with E-state index in [1.807, 2.05) is 11.6 Å². The third-order valence-corrected chi connectivity index (χ3v) is 4.60. The summed E-state index contributed by atoms with van der Waals surface area (Å²) in [4.78, 5) is 7.16. The lowest BCUT2D eigenvalue weighted by Gasteiger charge is -2.26. The Hall–Kier alpha value is -0.910. The van der Waals surface area contributed by atoms with Gasteiger partial charge in [-0.25, -0.2) is 4.99 Å². The first kappa shape index (κ1) is 24.1. The van der Waals surface area contributed by atoms with Gasteiger partial charge in [0.15, 0.2) is 5.96 Å². The zero-order valence-electron chi connectivity index (χ0n) is 17.1. The van der Waals surface area contributed by atoms with E-state index in [0.717, 1.165) is 69.8 Å². The molecule has 2 rings (SSSR count).